The standard InChI is InChI=1S/C11H24N4O2/c1-9(2)13-11(16)7-10(8-12)14-15-3-5-17-6-4-15/h9-10,14H,3-8,12H2,1-2H3,(H,13,16). The number of nitrogens with zero attached hydrogens (tertiary/aromatic N) is 1. The van der Waals surface area contributed by atoms with Gasteiger partial charge in [0.1, 0.15) is 0 Å². The lowest BCUT2D eigenvalue weighted by molar-refractivity contribution is -0.122. The van der Waals surface area contributed by atoms with E-state index in [4.69, 9.17) is 10.5 Å². The molecule has 0 bridgehead atoms. The molecule has 4 N–H and O–H groups in total. The highest BCUT2D eigenvalue weighted by Gasteiger charge is 2.17. The molecule has 1 amide bonds. The number of morpholine rings is 1. The van der Waals surface area contributed by atoms with Gasteiger partial charge in [0, 0.05) is 38.1 Å². The first-order chi connectivity index (χ1) is 8.11. The number of hydrazine groups is 1. The van der Waals surface area contributed by atoms with E-state index in [2.05, 4.69) is 15.8 Å². The summed E-state index contributed by atoms with van der Waals surface area (Å²) < 4.78 is 5.26. The van der Waals surface area contributed by atoms with Crippen LogP contribution in [-0.4, -0.2) is 55.8 Å². The number of amides is 1. The van der Waals surface area contributed by atoms with Crippen LogP contribution in [0.1, 0.15) is 20.3 Å². The smallest absolute Gasteiger partial charge is 0.221 e. The van der Waals surface area contributed by atoms with E-state index in [1.54, 1.807) is 0 Å². The summed E-state index contributed by atoms with van der Waals surface area (Å²) in [6, 6.07) is 0.163. The molecule has 6 nitrogen and oxygen atoms in total. The molecule has 1 fully saturated rings. The average molecular weight is 244 g/mol. The first kappa shape index (κ1) is 14.4. The first-order valence-electron chi connectivity index (χ1n) is 6.20. The third-order valence-corrected chi connectivity index (χ3v) is 2.54. The van der Waals surface area contributed by atoms with Crippen LogP contribution in [0.15, 0.2) is 0 Å². The maximum atomic E-state index is 11.6. The molecule has 1 aliphatic heterocycles. The maximum Gasteiger partial charge on any atom is 0.221 e. The predicted octanol–water partition coefficient (Wildman–Crippen LogP) is -0.935. The van der Waals surface area contributed by atoms with E-state index in [1.165, 1.54) is 0 Å². The second-order valence-electron chi connectivity index (χ2n) is 4.59. The van der Waals surface area contributed by atoms with Gasteiger partial charge in [0.15, 0.2) is 0 Å². The molecule has 0 aromatic carbocycles. The number of carbonyl (C=O) groups excluding carboxylic acids is 1. The molecule has 1 heterocycles. The summed E-state index contributed by atoms with van der Waals surface area (Å²) in [5.41, 5.74) is 8.95. The van der Waals surface area contributed by atoms with Gasteiger partial charge in [-0.1, -0.05) is 0 Å². The molecular weight excluding hydrogens is 220 g/mol. The van der Waals surface area contributed by atoms with Crippen molar-refractivity contribution in [3.8, 4) is 0 Å². The zero-order valence-electron chi connectivity index (χ0n) is 10.7. The SMILES string of the molecule is CC(C)NC(=O)CC(CN)NN1CCOCC1. The Morgan fingerprint density at radius 2 is 2.06 bits per heavy atom. The van der Waals surface area contributed by atoms with E-state index in [0.717, 1.165) is 26.3 Å². The van der Waals surface area contributed by atoms with Gasteiger partial charge in [-0.3, -0.25) is 10.2 Å². The van der Waals surface area contributed by atoms with Crippen molar-refractivity contribution >= 4 is 5.91 Å². The molecule has 0 spiro atoms. The van der Waals surface area contributed by atoms with Gasteiger partial charge in [-0.25, -0.2) is 5.01 Å². The Kier molecular flexibility index (Phi) is 6.43. The minimum atomic E-state index is -0.00755. The lowest BCUT2D eigenvalue weighted by Crippen LogP contribution is -2.53. The fourth-order valence-electron chi connectivity index (χ4n) is 1.74. The quantitative estimate of drug-likeness (QED) is 0.562. The van der Waals surface area contributed by atoms with Crippen LogP contribution in [0.25, 0.3) is 0 Å². The Bertz CT molecular complexity index is 230. The monoisotopic (exact) mass is 244 g/mol. The highest BCUT2D eigenvalue weighted by atomic mass is 16.5. The summed E-state index contributed by atoms with van der Waals surface area (Å²) in [4.78, 5) is 11.6. The fourth-order valence-corrected chi connectivity index (χ4v) is 1.74. The van der Waals surface area contributed by atoms with Crippen molar-refractivity contribution < 1.29 is 9.53 Å². The Balaban J connectivity index is 2.29. The summed E-state index contributed by atoms with van der Waals surface area (Å²) in [6.45, 7) is 7.47. The number of ether oxygens (including phenoxy) is 1. The summed E-state index contributed by atoms with van der Waals surface area (Å²) in [5.74, 6) is 0.0382. The first-order valence-corrected chi connectivity index (χ1v) is 6.20. The molecule has 0 aliphatic carbocycles. The van der Waals surface area contributed by atoms with Gasteiger partial charge in [-0.05, 0) is 13.8 Å². The second kappa shape index (κ2) is 7.60. The van der Waals surface area contributed by atoms with Crippen LogP contribution in [0.4, 0.5) is 0 Å². The van der Waals surface area contributed by atoms with Gasteiger partial charge in [0.05, 0.1) is 13.2 Å². The van der Waals surface area contributed by atoms with Gasteiger partial charge in [-0.15, -0.1) is 0 Å². The van der Waals surface area contributed by atoms with Gasteiger partial charge in [-0.2, -0.15) is 0 Å². The second-order valence-corrected chi connectivity index (χ2v) is 4.59. The molecule has 0 aromatic rings. The summed E-state index contributed by atoms with van der Waals surface area (Å²) in [7, 11) is 0. The van der Waals surface area contributed by atoms with Crippen LogP contribution in [-0.2, 0) is 9.53 Å². The van der Waals surface area contributed by atoms with Gasteiger partial charge in [0.25, 0.3) is 0 Å². The highest BCUT2D eigenvalue weighted by Crippen LogP contribution is 1.97. The van der Waals surface area contributed by atoms with E-state index in [1.807, 2.05) is 13.8 Å². The Morgan fingerprint density at radius 3 is 2.59 bits per heavy atom. The number of rotatable bonds is 6. The third kappa shape index (κ3) is 5.97. The van der Waals surface area contributed by atoms with Crippen LogP contribution in [0.5, 0.6) is 0 Å². The van der Waals surface area contributed by atoms with Gasteiger partial charge in [0.2, 0.25) is 5.91 Å². The highest BCUT2D eigenvalue weighted by molar-refractivity contribution is 5.76. The van der Waals surface area contributed by atoms with Crippen LogP contribution in [0.3, 0.4) is 0 Å². The van der Waals surface area contributed by atoms with E-state index < -0.39 is 0 Å². The molecule has 1 rings (SSSR count). The fraction of sp³-hybridized carbons (Fsp3) is 0.909. The average Bonchev–Trinajstić information content (AvgIpc) is 2.28. The predicted molar refractivity (Wildman–Crippen MR) is 66.3 cm³/mol. The van der Waals surface area contributed by atoms with Crippen molar-refractivity contribution in [1.29, 1.82) is 0 Å². The Morgan fingerprint density at radius 1 is 1.41 bits per heavy atom. The van der Waals surface area contributed by atoms with E-state index in [0.29, 0.717) is 13.0 Å². The van der Waals surface area contributed by atoms with Crippen LogP contribution >= 0.6 is 0 Å². The van der Waals surface area contributed by atoms with Crippen molar-refractivity contribution in [2.45, 2.75) is 32.4 Å². The zero-order chi connectivity index (χ0) is 12.7. The molecule has 100 valence electrons. The minimum absolute atomic E-state index is 0.00755. The molecule has 1 aliphatic rings. The molecule has 0 saturated carbocycles. The summed E-state index contributed by atoms with van der Waals surface area (Å²) in [5, 5.41) is 4.94. The molecule has 0 radical (unpaired) electrons. The van der Waals surface area contributed by atoms with Crippen LogP contribution in [0.2, 0.25) is 0 Å². The normalized spacial score (nSPS) is 19.3. The summed E-state index contributed by atoms with van der Waals surface area (Å²) in [6.07, 6.45) is 0.409. The lowest BCUT2D eigenvalue weighted by atomic mass is 10.2. The minimum Gasteiger partial charge on any atom is -0.379 e. The molecule has 0 aromatic heterocycles. The van der Waals surface area contributed by atoms with Crippen LogP contribution < -0.4 is 16.5 Å². The van der Waals surface area contributed by atoms with Gasteiger partial charge < -0.3 is 15.8 Å². The van der Waals surface area contributed by atoms with Crippen molar-refractivity contribution in [2.24, 2.45) is 5.73 Å². The number of hydrogen-bond acceptors (Lipinski definition) is 5. The molecule has 6 heteroatoms. The van der Waals surface area contributed by atoms with Crippen LogP contribution in [0, 0.1) is 0 Å². The maximum absolute atomic E-state index is 11.6. The van der Waals surface area contributed by atoms with E-state index in [-0.39, 0.29) is 18.0 Å². The molecule has 1 saturated heterocycles. The zero-order valence-corrected chi connectivity index (χ0v) is 10.7. The number of nitrogens with two attached hydrogens (primary N) is 1. The largest absolute Gasteiger partial charge is 0.379 e. The summed E-state index contributed by atoms with van der Waals surface area (Å²) >= 11 is 0. The molecule has 17 heavy (non-hydrogen) atoms. The number of nitrogens with one attached hydrogen (secondary N) is 2. The Hall–Kier alpha value is -0.690. The Labute approximate surface area is 103 Å². The number of carbonyl (C=O) groups is 1. The van der Waals surface area contributed by atoms with Crippen molar-refractivity contribution in [3.63, 3.8) is 0 Å². The van der Waals surface area contributed by atoms with Crippen molar-refractivity contribution in [3.05, 3.63) is 0 Å². The molecule has 1 unspecified atom stereocenters. The van der Waals surface area contributed by atoms with Crippen molar-refractivity contribution in [1.82, 2.24) is 15.8 Å². The topological polar surface area (TPSA) is 79.6 Å². The third-order valence-electron chi connectivity index (χ3n) is 2.54. The van der Waals surface area contributed by atoms with Gasteiger partial charge >= 0.3 is 0 Å². The van der Waals surface area contributed by atoms with Crippen molar-refractivity contribution in [2.75, 3.05) is 32.8 Å². The number of hydrogen-bond donors (Lipinski definition) is 3. The van der Waals surface area contributed by atoms with E-state index >= 15 is 0 Å². The molecule has 1 atom stereocenters. The lowest BCUT2D eigenvalue weighted by Gasteiger charge is -2.31. The van der Waals surface area contributed by atoms with E-state index in [9.17, 15) is 4.79 Å². The molecular formula is C11H24N4O2.